The minimum atomic E-state index is -0.363. The lowest BCUT2D eigenvalue weighted by atomic mass is 10.2. The van der Waals surface area contributed by atoms with Crippen LogP contribution < -0.4 is 10.1 Å². The van der Waals surface area contributed by atoms with Gasteiger partial charge in [0.1, 0.15) is 18.1 Å². The smallest absolute Gasteiger partial charge is 0.329 e. The Bertz CT molecular complexity index is 829. The summed E-state index contributed by atoms with van der Waals surface area (Å²) >= 11 is 3.41. The molecule has 1 aliphatic rings. The Labute approximate surface area is 160 Å². The van der Waals surface area contributed by atoms with Crippen LogP contribution in [0.3, 0.4) is 0 Å². The number of hydrogen-bond donors (Lipinski definition) is 1. The summed E-state index contributed by atoms with van der Waals surface area (Å²) in [4.78, 5) is 25.2. The second kappa shape index (κ2) is 8.19. The first kappa shape index (κ1) is 18.2. The fraction of sp³-hybridized carbons (Fsp3) is 0.200. The highest BCUT2D eigenvalue weighted by atomic mass is 79.9. The number of rotatable bonds is 6. The molecule has 1 saturated heterocycles. The van der Waals surface area contributed by atoms with Gasteiger partial charge in [-0.2, -0.15) is 0 Å². The number of halogens is 1. The Hall–Kier alpha value is -2.60. The Morgan fingerprint density at radius 2 is 1.77 bits per heavy atom. The third kappa shape index (κ3) is 4.32. The SMILES string of the molecule is CCCN1C(=O)N/C(=C/c2ccc(OCc3ccc(Br)cc3)cc2)C1=O. The van der Waals surface area contributed by atoms with Crippen LogP contribution in [-0.4, -0.2) is 23.4 Å². The second-order valence-corrected chi connectivity index (χ2v) is 6.84. The van der Waals surface area contributed by atoms with Crippen molar-refractivity contribution in [2.75, 3.05) is 6.54 Å². The predicted molar refractivity (Wildman–Crippen MR) is 103 cm³/mol. The van der Waals surface area contributed by atoms with Crippen molar-refractivity contribution in [3.8, 4) is 5.75 Å². The molecule has 6 heteroatoms. The Balaban J connectivity index is 1.63. The molecule has 3 amide bonds. The van der Waals surface area contributed by atoms with E-state index in [1.54, 1.807) is 6.08 Å². The molecule has 1 N–H and O–H groups in total. The number of ether oxygens (including phenoxy) is 1. The lowest BCUT2D eigenvalue weighted by Gasteiger charge is -2.08. The van der Waals surface area contributed by atoms with E-state index in [1.165, 1.54) is 4.90 Å². The zero-order valence-corrected chi connectivity index (χ0v) is 16.0. The topological polar surface area (TPSA) is 58.6 Å². The van der Waals surface area contributed by atoms with Gasteiger partial charge in [-0.05, 0) is 47.9 Å². The molecule has 0 saturated carbocycles. The summed E-state index contributed by atoms with van der Waals surface area (Å²) in [6, 6.07) is 15.0. The van der Waals surface area contributed by atoms with E-state index >= 15 is 0 Å². The van der Waals surface area contributed by atoms with Gasteiger partial charge in [0, 0.05) is 11.0 Å². The Morgan fingerprint density at radius 3 is 2.42 bits per heavy atom. The van der Waals surface area contributed by atoms with Gasteiger partial charge in [-0.3, -0.25) is 9.69 Å². The van der Waals surface area contributed by atoms with Gasteiger partial charge in [-0.15, -0.1) is 0 Å². The monoisotopic (exact) mass is 414 g/mol. The molecule has 2 aromatic carbocycles. The van der Waals surface area contributed by atoms with E-state index in [-0.39, 0.29) is 11.9 Å². The summed E-state index contributed by atoms with van der Waals surface area (Å²) in [5.74, 6) is 0.455. The van der Waals surface area contributed by atoms with E-state index < -0.39 is 0 Å². The highest BCUT2D eigenvalue weighted by Crippen LogP contribution is 2.19. The summed E-state index contributed by atoms with van der Waals surface area (Å²) in [6.45, 7) is 2.83. The lowest BCUT2D eigenvalue weighted by Crippen LogP contribution is -2.31. The summed E-state index contributed by atoms with van der Waals surface area (Å²) in [6.07, 6.45) is 2.41. The Kier molecular flexibility index (Phi) is 5.73. The number of benzene rings is 2. The number of nitrogens with zero attached hydrogens (tertiary/aromatic N) is 1. The number of carbonyl (C=O) groups is 2. The Morgan fingerprint density at radius 1 is 1.08 bits per heavy atom. The molecule has 2 aromatic rings. The standard InChI is InChI=1S/C20H19BrN2O3/c1-2-11-23-19(24)18(22-20(23)25)12-14-5-9-17(10-6-14)26-13-15-3-7-16(21)8-4-15/h3-10,12H,2,11,13H2,1H3,(H,22,25)/b18-12+. The van der Waals surface area contributed by atoms with E-state index in [9.17, 15) is 9.59 Å². The van der Waals surface area contributed by atoms with Crippen LogP contribution in [0.1, 0.15) is 24.5 Å². The van der Waals surface area contributed by atoms with Crippen molar-refractivity contribution in [2.45, 2.75) is 20.0 Å². The van der Waals surface area contributed by atoms with Gasteiger partial charge in [0.15, 0.2) is 0 Å². The average molecular weight is 415 g/mol. The van der Waals surface area contributed by atoms with Crippen molar-refractivity contribution in [3.63, 3.8) is 0 Å². The summed E-state index contributed by atoms with van der Waals surface area (Å²) in [5.41, 5.74) is 2.20. The first-order valence-corrected chi connectivity index (χ1v) is 9.18. The third-order valence-corrected chi connectivity index (χ3v) is 4.45. The maximum absolute atomic E-state index is 12.2. The number of amides is 3. The molecule has 5 nitrogen and oxygen atoms in total. The molecular formula is C20H19BrN2O3. The molecule has 0 spiro atoms. The minimum Gasteiger partial charge on any atom is -0.489 e. The first-order chi connectivity index (χ1) is 12.6. The zero-order chi connectivity index (χ0) is 18.5. The average Bonchev–Trinajstić information content (AvgIpc) is 2.90. The molecule has 1 aliphatic heterocycles. The van der Waals surface area contributed by atoms with Crippen molar-refractivity contribution in [1.82, 2.24) is 10.2 Å². The zero-order valence-electron chi connectivity index (χ0n) is 14.4. The van der Waals surface area contributed by atoms with Crippen LogP contribution in [0.2, 0.25) is 0 Å². The molecule has 26 heavy (non-hydrogen) atoms. The van der Waals surface area contributed by atoms with E-state index in [0.29, 0.717) is 18.8 Å². The van der Waals surface area contributed by atoms with Crippen LogP contribution in [0.5, 0.6) is 5.75 Å². The fourth-order valence-corrected chi connectivity index (χ4v) is 2.84. The second-order valence-electron chi connectivity index (χ2n) is 5.93. The van der Waals surface area contributed by atoms with Crippen LogP contribution in [0.15, 0.2) is 58.7 Å². The summed E-state index contributed by atoms with van der Waals surface area (Å²) in [5, 5.41) is 2.62. The van der Waals surface area contributed by atoms with Crippen LogP contribution >= 0.6 is 15.9 Å². The van der Waals surface area contributed by atoms with E-state index in [2.05, 4.69) is 21.2 Å². The van der Waals surface area contributed by atoms with E-state index in [0.717, 1.165) is 27.8 Å². The van der Waals surface area contributed by atoms with Crippen LogP contribution in [0, 0.1) is 0 Å². The van der Waals surface area contributed by atoms with Crippen molar-refractivity contribution in [1.29, 1.82) is 0 Å². The molecule has 0 atom stereocenters. The number of nitrogens with one attached hydrogen (secondary N) is 1. The molecule has 1 heterocycles. The first-order valence-electron chi connectivity index (χ1n) is 8.38. The predicted octanol–water partition coefficient (Wildman–Crippen LogP) is 4.33. The molecule has 134 valence electrons. The van der Waals surface area contributed by atoms with E-state index in [4.69, 9.17) is 4.74 Å². The molecule has 0 aromatic heterocycles. The third-order valence-electron chi connectivity index (χ3n) is 3.92. The van der Waals surface area contributed by atoms with E-state index in [1.807, 2.05) is 55.5 Å². The summed E-state index contributed by atoms with van der Waals surface area (Å²) in [7, 11) is 0. The normalized spacial score (nSPS) is 15.5. The molecule has 0 bridgehead atoms. The largest absolute Gasteiger partial charge is 0.489 e. The maximum atomic E-state index is 12.2. The van der Waals surface area contributed by atoms with Crippen molar-refractivity contribution < 1.29 is 14.3 Å². The molecule has 0 aliphatic carbocycles. The highest BCUT2D eigenvalue weighted by molar-refractivity contribution is 9.10. The molecular weight excluding hydrogens is 396 g/mol. The molecule has 0 unspecified atom stereocenters. The fourth-order valence-electron chi connectivity index (χ4n) is 2.57. The number of hydrogen-bond acceptors (Lipinski definition) is 3. The van der Waals surface area contributed by atoms with Crippen molar-refractivity contribution in [3.05, 3.63) is 69.8 Å². The number of imide groups is 1. The summed E-state index contributed by atoms with van der Waals surface area (Å²) < 4.78 is 6.80. The quantitative estimate of drug-likeness (QED) is 0.565. The van der Waals surface area contributed by atoms with Crippen molar-refractivity contribution in [2.24, 2.45) is 0 Å². The van der Waals surface area contributed by atoms with Gasteiger partial charge < -0.3 is 10.1 Å². The number of urea groups is 1. The van der Waals surface area contributed by atoms with Crippen LogP contribution in [-0.2, 0) is 11.4 Å². The van der Waals surface area contributed by atoms with Gasteiger partial charge in [-0.25, -0.2) is 4.79 Å². The minimum absolute atomic E-state index is 0.285. The van der Waals surface area contributed by atoms with Crippen LogP contribution in [0.25, 0.3) is 6.08 Å². The van der Waals surface area contributed by atoms with Gasteiger partial charge in [0.25, 0.3) is 5.91 Å². The van der Waals surface area contributed by atoms with Gasteiger partial charge in [0.05, 0.1) is 0 Å². The molecule has 1 fully saturated rings. The van der Waals surface area contributed by atoms with Gasteiger partial charge in [-0.1, -0.05) is 47.1 Å². The molecule has 3 rings (SSSR count). The lowest BCUT2D eigenvalue weighted by molar-refractivity contribution is -0.122. The highest BCUT2D eigenvalue weighted by Gasteiger charge is 2.32. The van der Waals surface area contributed by atoms with Gasteiger partial charge in [0.2, 0.25) is 0 Å². The van der Waals surface area contributed by atoms with Crippen LogP contribution in [0.4, 0.5) is 4.79 Å². The van der Waals surface area contributed by atoms with Gasteiger partial charge >= 0.3 is 6.03 Å². The maximum Gasteiger partial charge on any atom is 0.329 e. The molecule has 0 radical (unpaired) electrons. The van der Waals surface area contributed by atoms with Crippen molar-refractivity contribution >= 4 is 33.9 Å². The number of carbonyl (C=O) groups excluding carboxylic acids is 2.